The van der Waals surface area contributed by atoms with Gasteiger partial charge in [-0.05, 0) is 26.0 Å². The normalized spacial score (nSPS) is 17.4. The molecule has 0 spiro atoms. The molecular weight excluding hydrogens is 302 g/mol. The van der Waals surface area contributed by atoms with Crippen LogP contribution in [0.1, 0.15) is 13.8 Å². The number of aliphatic hydroxyl groups is 1. The molecule has 122 valence electrons. The van der Waals surface area contributed by atoms with Gasteiger partial charge in [-0.1, -0.05) is 18.2 Å². The van der Waals surface area contributed by atoms with Crippen molar-refractivity contribution in [2.45, 2.75) is 19.9 Å². The molecule has 2 rings (SSSR count). The van der Waals surface area contributed by atoms with E-state index in [-0.39, 0.29) is 13.2 Å². The topological polar surface area (TPSA) is 93.1 Å². The van der Waals surface area contributed by atoms with Crippen molar-refractivity contribution in [3.05, 3.63) is 41.7 Å². The second-order valence-electron chi connectivity index (χ2n) is 4.65. The van der Waals surface area contributed by atoms with Crippen molar-refractivity contribution in [1.82, 2.24) is 0 Å². The Balaban J connectivity index is 2.50. The summed E-state index contributed by atoms with van der Waals surface area (Å²) in [6, 6.07) is 6.89. The first-order valence-corrected chi connectivity index (χ1v) is 7.18. The van der Waals surface area contributed by atoms with Gasteiger partial charge < -0.3 is 14.6 Å². The van der Waals surface area contributed by atoms with Crippen LogP contribution in [-0.4, -0.2) is 42.2 Å². The number of nitrogens with zero attached hydrogens (tertiary/aromatic N) is 1. The van der Waals surface area contributed by atoms with E-state index >= 15 is 0 Å². The number of rotatable bonds is 5. The smallest absolute Gasteiger partial charge is 0.340 e. The summed E-state index contributed by atoms with van der Waals surface area (Å²) in [6.07, 6.45) is 0. The quantitative estimate of drug-likeness (QED) is 0.823. The summed E-state index contributed by atoms with van der Waals surface area (Å²) in [5.41, 5.74) is -0.0412. The molecule has 1 aliphatic heterocycles. The Hall–Kier alpha value is -2.83. The number of para-hydroxylation sites is 1. The summed E-state index contributed by atoms with van der Waals surface area (Å²) >= 11 is 0. The number of hydrogen-bond acceptors (Lipinski definition) is 6. The minimum atomic E-state index is -1.37. The average Bonchev–Trinajstić information content (AvgIpc) is 2.81. The zero-order valence-electron chi connectivity index (χ0n) is 12.8. The summed E-state index contributed by atoms with van der Waals surface area (Å²) in [5, 5.41) is 10.1. The highest BCUT2D eigenvalue weighted by atomic mass is 16.5. The molecule has 1 amide bonds. The number of amides is 1. The third-order valence-corrected chi connectivity index (χ3v) is 3.25. The highest BCUT2D eigenvalue weighted by molar-refractivity contribution is 6.19. The van der Waals surface area contributed by atoms with E-state index in [0.29, 0.717) is 5.69 Å². The minimum absolute atomic E-state index is 0.0463. The third kappa shape index (κ3) is 3.03. The van der Waals surface area contributed by atoms with Crippen LogP contribution in [0, 0.1) is 0 Å². The van der Waals surface area contributed by atoms with Gasteiger partial charge in [-0.3, -0.25) is 9.69 Å². The second-order valence-corrected chi connectivity index (χ2v) is 4.65. The zero-order valence-corrected chi connectivity index (χ0v) is 12.8. The average molecular weight is 319 g/mol. The maximum Gasteiger partial charge on any atom is 0.340 e. The van der Waals surface area contributed by atoms with E-state index in [2.05, 4.69) is 0 Å². The Labute approximate surface area is 133 Å². The van der Waals surface area contributed by atoms with E-state index in [1.807, 2.05) is 0 Å². The molecule has 0 radical (unpaired) electrons. The zero-order chi connectivity index (χ0) is 17.0. The SMILES string of the molecule is CCOC(=O)C1=C(O)C(=O)N(c2ccccc2)C1C(=O)OCC. The molecule has 0 saturated carbocycles. The van der Waals surface area contributed by atoms with Crippen LogP contribution in [0.4, 0.5) is 5.69 Å². The number of anilines is 1. The van der Waals surface area contributed by atoms with E-state index < -0.39 is 35.2 Å². The number of carbonyl (C=O) groups excluding carboxylic acids is 3. The Morgan fingerprint density at radius 2 is 1.74 bits per heavy atom. The van der Waals surface area contributed by atoms with Gasteiger partial charge in [-0.15, -0.1) is 0 Å². The van der Waals surface area contributed by atoms with Gasteiger partial charge >= 0.3 is 11.9 Å². The lowest BCUT2D eigenvalue weighted by molar-refractivity contribution is -0.147. The van der Waals surface area contributed by atoms with Gasteiger partial charge in [-0.25, -0.2) is 9.59 Å². The van der Waals surface area contributed by atoms with Crippen molar-refractivity contribution in [3.63, 3.8) is 0 Å². The lowest BCUT2D eigenvalue weighted by atomic mass is 10.1. The van der Waals surface area contributed by atoms with E-state index in [0.717, 1.165) is 4.90 Å². The standard InChI is InChI=1S/C16H17NO6/c1-3-22-15(20)11-12(16(21)23-4-2)17(14(19)13(11)18)10-8-6-5-7-9-10/h5-9,12,18H,3-4H2,1-2H3. The number of carbonyl (C=O) groups is 3. The molecule has 0 aliphatic carbocycles. The fourth-order valence-electron chi connectivity index (χ4n) is 2.32. The van der Waals surface area contributed by atoms with Crippen molar-refractivity contribution in [2.75, 3.05) is 18.1 Å². The summed E-state index contributed by atoms with van der Waals surface area (Å²) in [4.78, 5) is 37.7. The van der Waals surface area contributed by atoms with Crippen LogP contribution < -0.4 is 4.90 Å². The van der Waals surface area contributed by atoms with Gasteiger partial charge in [0.1, 0.15) is 5.57 Å². The van der Waals surface area contributed by atoms with Crippen LogP contribution in [-0.2, 0) is 23.9 Å². The first-order valence-electron chi connectivity index (χ1n) is 7.18. The molecule has 0 bridgehead atoms. The van der Waals surface area contributed by atoms with Crippen LogP contribution in [0.5, 0.6) is 0 Å². The van der Waals surface area contributed by atoms with Gasteiger partial charge in [0.05, 0.1) is 13.2 Å². The number of aliphatic hydroxyl groups excluding tert-OH is 1. The molecule has 1 heterocycles. The Bertz CT molecular complexity index is 652. The first-order chi connectivity index (χ1) is 11.0. The van der Waals surface area contributed by atoms with Gasteiger partial charge in [0.25, 0.3) is 5.91 Å². The van der Waals surface area contributed by atoms with E-state index in [1.165, 1.54) is 0 Å². The predicted octanol–water partition coefficient (Wildman–Crippen LogP) is 1.34. The highest BCUT2D eigenvalue weighted by Crippen LogP contribution is 2.31. The molecule has 1 aliphatic rings. The van der Waals surface area contributed by atoms with Gasteiger partial charge in [0, 0.05) is 5.69 Å². The molecule has 1 atom stereocenters. The molecule has 0 saturated heterocycles. The molecule has 7 heteroatoms. The number of benzene rings is 1. The van der Waals surface area contributed by atoms with Crippen molar-refractivity contribution >= 4 is 23.5 Å². The molecule has 1 unspecified atom stereocenters. The van der Waals surface area contributed by atoms with E-state index in [4.69, 9.17) is 9.47 Å². The number of esters is 2. The van der Waals surface area contributed by atoms with Crippen molar-refractivity contribution in [2.24, 2.45) is 0 Å². The second kappa shape index (κ2) is 6.95. The van der Waals surface area contributed by atoms with Gasteiger partial charge in [0.2, 0.25) is 0 Å². The molecule has 0 aromatic heterocycles. The van der Waals surface area contributed by atoms with E-state index in [9.17, 15) is 19.5 Å². The fraction of sp³-hybridized carbons (Fsp3) is 0.312. The van der Waals surface area contributed by atoms with Crippen LogP contribution >= 0.6 is 0 Å². The minimum Gasteiger partial charge on any atom is -0.503 e. The first kappa shape index (κ1) is 16.5. The summed E-state index contributed by atoms with van der Waals surface area (Å²) in [5.74, 6) is -3.38. The van der Waals surface area contributed by atoms with Crippen LogP contribution in [0.25, 0.3) is 0 Å². The van der Waals surface area contributed by atoms with Crippen LogP contribution in [0.3, 0.4) is 0 Å². The lowest BCUT2D eigenvalue weighted by Gasteiger charge is -2.24. The molecule has 1 aromatic rings. The fourth-order valence-corrected chi connectivity index (χ4v) is 2.32. The molecular formula is C16H17NO6. The molecule has 1 N–H and O–H groups in total. The Morgan fingerprint density at radius 3 is 2.30 bits per heavy atom. The Morgan fingerprint density at radius 1 is 1.13 bits per heavy atom. The molecule has 7 nitrogen and oxygen atoms in total. The van der Waals surface area contributed by atoms with Gasteiger partial charge in [0.15, 0.2) is 11.8 Å². The molecule has 1 aromatic carbocycles. The third-order valence-electron chi connectivity index (χ3n) is 3.25. The lowest BCUT2D eigenvalue weighted by Crippen LogP contribution is -2.43. The molecule has 23 heavy (non-hydrogen) atoms. The van der Waals surface area contributed by atoms with Crippen LogP contribution in [0.15, 0.2) is 41.7 Å². The summed E-state index contributed by atoms with van der Waals surface area (Å²) < 4.78 is 9.79. The van der Waals surface area contributed by atoms with Gasteiger partial charge in [-0.2, -0.15) is 0 Å². The monoisotopic (exact) mass is 319 g/mol. The maximum atomic E-state index is 12.3. The van der Waals surface area contributed by atoms with E-state index in [1.54, 1.807) is 44.2 Å². The highest BCUT2D eigenvalue weighted by Gasteiger charge is 2.49. The number of ether oxygens (including phenoxy) is 2. The molecule has 0 fully saturated rings. The summed E-state index contributed by atoms with van der Waals surface area (Å²) in [6.45, 7) is 3.31. The number of hydrogen-bond donors (Lipinski definition) is 1. The van der Waals surface area contributed by atoms with Crippen molar-refractivity contribution < 1.29 is 29.0 Å². The largest absolute Gasteiger partial charge is 0.503 e. The maximum absolute atomic E-state index is 12.3. The Kier molecular flexibility index (Phi) is 5.00. The summed E-state index contributed by atoms with van der Waals surface area (Å²) in [7, 11) is 0. The van der Waals surface area contributed by atoms with Crippen molar-refractivity contribution in [1.29, 1.82) is 0 Å². The van der Waals surface area contributed by atoms with Crippen molar-refractivity contribution in [3.8, 4) is 0 Å². The predicted molar refractivity (Wildman–Crippen MR) is 80.6 cm³/mol. The van der Waals surface area contributed by atoms with Crippen LogP contribution in [0.2, 0.25) is 0 Å².